The van der Waals surface area contributed by atoms with Crippen LogP contribution in [0.15, 0.2) is 53.0 Å². The first kappa shape index (κ1) is 24.3. The van der Waals surface area contributed by atoms with Gasteiger partial charge in [0.15, 0.2) is 16.6 Å². The third-order valence-corrected chi connectivity index (χ3v) is 6.07. The lowest BCUT2D eigenvalue weighted by molar-refractivity contribution is -0.128. The van der Waals surface area contributed by atoms with Gasteiger partial charge in [0.2, 0.25) is 0 Å². The fourth-order valence-corrected chi connectivity index (χ4v) is 4.02. The van der Waals surface area contributed by atoms with Gasteiger partial charge in [0.1, 0.15) is 12.2 Å². The third-order valence-electron chi connectivity index (χ3n) is 4.48. The number of carbonyl (C=O) groups is 2. The number of carbonyl (C=O) groups excluding carboxylic acids is 2. The van der Waals surface area contributed by atoms with E-state index in [-0.39, 0.29) is 23.8 Å². The van der Waals surface area contributed by atoms with Gasteiger partial charge in [0, 0.05) is 26.6 Å². The van der Waals surface area contributed by atoms with Gasteiger partial charge in [0.05, 0.1) is 7.11 Å². The number of halogens is 3. The van der Waals surface area contributed by atoms with Gasteiger partial charge in [-0.3, -0.25) is 19.8 Å². The zero-order valence-corrected chi connectivity index (χ0v) is 20.7. The zero-order chi connectivity index (χ0) is 23.4. The van der Waals surface area contributed by atoms with Gasteiger partial charge in [0.25, 0.3) is 11.8 Å². The highest BCUT2D eigenvalue weighted by Gasteiger charge is 2.32. The van der Waals surface area contributed by atoms with Crippen molar-refractivity contribution in [1.82, 2.24) is 10.2 Å². The minimum absolute atomic E-state index is 0.0401. The molecule has 1 N–H and O–H groups in total. The fourth-order valence-electron chi connectivity index (χ4n) is 2.87. The molecule has 10 heteroatoms. The van der Waals surface area contributed by atoms with E-state index in [4.69, 9.17) is 44.9 Å². The molecule has 166 valence electrons. The lowest BCUT2D eigenvalue weighted by atomic mass is 10.1. The maximum Gasteiger partial charge on any atom is 0.265 e. The normalized spacial score (nSPS) is 15.1. The van der Waals surface area contributed by atoms with Crippen molar-refractivity contribution in [2.75, 3.05) is 13.7 Å². The molecule has 0 aliphatic carbocycles. The molecule has 0 spiro atoms. The molecule has 0 unspecified atom stereocenters. The maximum absolute atomic E-state index is 12.8. The summed E-state index contributed by atoms with van der Waals surface area (Å²) in [6.07, 6.45) is 2.99. The summed E-state index contributed by atoms with van der Waals surface area (Å²) in [5.74, 6) is -0.236. The van der Waals surface area contributed by atoms with Crippen molar-refractivity contribution < 1.29 is 19.1 Å². The molecule has 0 aromatic heterocycles. The minimum atomic E-state index is -0.580. The number of benzene rings is 2. The number of nitrogens with one attached hydrogen (secondary N) is 1. The molecular weight excluding hydrogens is 539 g/mol. The molecule has 0 saturated carbocycles. The Balaban J connectivity index is 1.90. The fraction of sp³-hybridized carbons (Fsp3) is 0.136. The summed E-state index contributed by atoms with van der Waals surface area (Å²) in [6, 6.07) is 8.48. The van der Waals surface area contributed by atoms with Crippen molar-refractivity contribution in [2.24, 2.45) is 0 Å². The minimum Gasteiger partial charge on any atom is -0.493 e. The van der Waals surface area contributed by atoms with Crippen molar-refractivity contribution in [1.29, 1.82) is 0 Å². The Hall–Kier alpha value is -2.39. The summed E-state index contributed by atoms with van der Waals surface area (Å²) >= 11 is 20.7. The zero-order valence-electron chi connectivity index (χ0n) is 16.8. The van der Waals surface area contributed by atoms with E-state index >= 15 is 0 Å². The highest BCUT2D eigenvalue weighted by atomic mass is 79.9. The molecule has 1 saturated heterocycles. The van der Waals surface area contributed by atoms with Crippen LogP contribution in [0.2, 0.25) is 10.0 Å². The van der Waals surface area contributed by atoms with E-state index in [1.807, 2.05) is 0 Å². The van der Waals surface area contributed by atoms with Crippen molar-refractivity contribution in [3.63, 3.8) is 0 Å². The molecule has 1 aliphatic rings. The van der Waals surface area contributed by atoms with E-state index in [2.05, 4.69) is 27.8 Å². The number of nitrogens with zero attached hydrogens (tertiary/aromatic N) is 1. The second-order valence-electron chi connectivity index (χ2n) is 6.57. The van der Waals surface area contributed by atoms with E-state index < -0.39 is 11.8 Å². The van der Waals surface area contributed by atoms with Crippen LogP contribution in [0.3, 0.4) is 0 Å². The molecule has 0 radical (unpaired) electrons. The predicted molar refractivity (Wildman–Crippen MR) is 132 cm³/mol. The Morgan fingerprint density at radius 2 is 1.97 bits per heavy atom. The third kappa shape index (κ3) is 5.32. The molecule has 6 nitrogen and oxygen atoms in total. The molecular formula is C22H17BrCl2N2O4S. The monoisotopic (exact) mass is 554 g/mol. The molecule has 2 aromatic carbocycles. The summed E-state index contributed by atoms with van der Waals surface area (Å²) in [6.45, 7) is 3.98. The highest BCUT2D eigenvalue weighted by molar-refractivity contribution is 9.10. The first-order chi connectivity index (χ1) is 15.2. The number of hydrogen-bond acceptors (Lipinski definition) is 5. The molecule has 0 bridgehead atoms. The average molecular weight is 556 g/mol. The Kier molecular flexibility index (Phi) is 7.95. The van der Waals surface area contributed by atoms with Crippen molar-refractivity contribution >= 4 is 74.4 Å². The molecule has 3 rings (SSSR count). The van der Waals surface area contributed by atoms with Crippen LogP contribution in [0, 0.1) is 0 Å². The Morgan fingerprint density at radius 3 is 2.62 bits per heavy atom. The van der Waals surface area contributed by atoms with Gasteiger partial charge in [-0.05, 0) is 48.1 Å². The van der Waals surface area contributed by atoms with Crippen LogP contribution < -0.4 is 14.8 Å². The van der Waals surface area contributed by atoms with Crippen LogP contribution in [0.5, 0.6) is 11.5 Å². The van der Waals surface area contributed by atoms with Crippen LogP contribution >= 0.6 is 51.3 Å². The first-order valence-electron chi connectivity index (χ1n) is 9.19. The SMILES string of the molecule is C=CCN1C(=O)/C(=C/c2cc(OC)c(OCc3ccc(Cl)cc3Cl)cc2Br)C(=O)NC1=S. The van der Waals surface area contributed by atoms with Crippen LogP contribution in [0.4, 0.5) is 0 Å². The Bertz CT molecular complexity index is 1150. The van der Waals surface area contributed by atoms with Crippen molar-refractivity contribution in [3.05, 3.63) is 74.2 Å². The standard InChI is InChI=1S/C22H17BrCl2N2O4S/c1-3-6-27-21(29)15(20(28)26-22(27)32)7-13-8-18(30-2)19(10-16(13)23)31-11-12-4-5-14(24)9-17(12)25/h3-5,7-10H,1,6,11H2,2H3,(H,26,28,32)/b15-7+. The number of amides is 2. The lowest BCUT2D eigenvalue weighted by Gasteiger charge is -2.27. The maximum atomic E-state index is 12.8. The van der Waals surface area contributed by atoms with E-state index in [0.717, 1.165) is 5.56 Å². The second-order valence-corrected chi connectivity index (χ2v) is 8.66. The summed E-state index contributed by atoms with van der Waals surface area (Å²) in [4.78, 5) is 26.4. The molecule has 2 aromatic rings. The number of hydrogen-bond donors (Lipinski definition) is 1. The first-order valence-corrected chi connectivity index (χ1v) is 11.1. The number of methoxy groups -OCH3 is 1. The summed E-state index contributed by atoms with van der Waals surface area (Å²) in [5, 5.41) is 3.57. The van der Waals surface area contributed by atoms with Crippen LogP contribution in [0.25, 0.3) is 6.08 Å². The molecule has 1 heterocycles. The number of thiocarbonyl (C=S) groups is 1. The van der Waals surface area contributed by atoms with E-state index in [1.165, 1.54) is 24.2 Å². The van der Waals surface area contributed by atoms with Crippen LogP contribution in [0.1, 0.15) is 11.1 Å². The Labute approximate surface area is 208 Å². The molecule has 2 amide bonds. The number of ether oxygens (including phenoxy) is 2. The molecule has 1 aliphatic heterocycles. The predicted octanol–water partition coefficient (Wildman–Crippen LogP) is 5.16. The smallest absolute Gasteiger partial charge is 0.265 e. The number of rotatable bonds is 7. The average Bonchev–Trinajstić information content (AvgIpc) is 2.74. The van der Waals surface area contributed by atoms with Gasteiger partial charge in [-0.25, -0.2) is 0 Å². The van der Waals surface area contributed by atoms with Gasteiger partial charge in [-0.2, -0.15) is 0 Å². The lowest BCUT2D eigenvalue weighted by Crippen LogP contribution is -2.53. The van der Waals surface area contributed by atoms with Gasteiger partial charge < -0.3 is 9.47 Å². The Morgan fingerprint density at radius 1 is 1.22 bits per heavy atom. The largest absolute Gasteiger partial charge is 0.493 e. The summed E-state index contributed by atoms with van der Waals surface area (Å²) < 4.78 is 11.9. The van der Waals surface area contributed by atoms with Crippen LogP contribution in [-0.2, 0) is 16.2 Å². The summed E-state index contributed by atoms with van der Waals surface area (Å²) in [5.41, 5.74) is 1.23. The van der Waals surface area contributed by atoms with Gasteiger partial charge in [-0.15, -0.1) is 6.58 Å². The second kappa shape index (κ2) is 10.5. The molecule has 0 atom stereocenters. The highest BCUT2D eigenvalue weighted by Crippen LogP contribution is 2.36. The van der Waals surface area contributed by atoms with Gasteiger partial charge in [-0.1, -0.05) is 51.3 Å². The van der Waals surface area contributed by atoms with Crippen molar-refractivity contribution in [3.8, 4) is 11.5 Å². The molecule has 1 fully saturated rings. The van der Waals surface area contributed by atoms with Crippen molar-refractivity contribution in [2.45, 2.75) is 6.61 Å². The van der Waals surface area contributed by atoms with E-state index in [1.54, 1.807) is 30.3 Å². The van der Waals surface area contributed by atoms with Gasteiger partial charge >= 0.3 is 0 Å². The summed E-state index contributed by atoms with van der Waals surface area (Å²) in [7, 11) is 1.49. The van der Waals surface area contributed by atoms with Crippen LogP contribution in [-0.4, -0.2) is 35.5 Å². The quantitative estimate of drug-likeness (QED) is 0.221. The van der Waals surface area contributed by atoms with E-state index in [0.29, 0.717) is 31.6 Å². The topological polar surface area (TPSA) is 67.9 Å². The van der Waals surface area contributed by atoms with E-state index in [9.17, 15) is 9.59 Å². The molecule has 32 heavy (non-hydrogen) atoms.